The highest BCUT2D eigenvalue weighted by molar-refractivity contribution is 6.09. The Morgan fingerprint density at radius 2 is 2.05 bits per heavy atom. The van der Waals surface area contributed by atoms with Crippen LogP contribution < -0.4 is 9.64 Å². The van der Waals surface area contributed by atoms with Gasteiger partial charge in [0.25, 0.3) is 5.91 Å². The molecule has 0 bridgehead atoms. The van der Waals surface area contributed by atoms with Crippen LogP contribution in [0.25, 0.3) is 10.8 Å². The highest BCUT2D eigenvalue weighted by Crippen LogP contribution is 2.38. The molecule has 19 heavy (non-hydrogen) atoms. The van der Waals surface area contributed by atoms with Crippen molar-refractivity contribution < 1.29 is 19.4 Å². The maximum absolute atomic E-state index is 11.9. The van der Waals surface area contributed by atoms with Crippen molar-refractivity contribution in [3.63, 3.8) is 0 Å². The number of anilines is 1. The summed E-state index contributed by atoms with van der Waals surface area (Å²) >= 11 is 0. The summed E-state index contributed by atoms with van der Waals surface area (Å²) in [6, 6.07) is 11.2. The summed E-state index contributed by atoms with van der Waals surface area (Å²) in [6.07, 6.45) is 0. The van der Waals surface area contributed by atoms with Gasteiger partial charge in [-0.1, -0.05) is 30.3 Å². The number of hydrogen-bond acceptors (Lipinski definition) is 3. The molecule has 0 saturated carbocycles. The van der Waals surface area contributed by atoms with Gasteiger partial charge < -0.3 is 9.84 Å². The Labute approximate surface area is 109 Å². The third-order valence-electron chi connectivity index (χ3n) is 3.08. The predicted molar refractivity (Wildman–Crippen MR) is 69.4 cm³/mol. The van der Waals surface area contributed by atoms with Crippen LogP contribution in [0.1, 0.15) is 0 Å². The SMILES string of the molecule is O=C(O)CN1C(=O)COc2ccc3ccccc3c21. The second kappa shape index (κ2) is 4.28. The lowest BCUT2D eigenvalue weighted by molar-refractivity contribution is -0.137. The zero-order valence-electron chi connectivity index (χ0n) is 10.00. The van der Waals surface area contributed by atoms with Gasteiger partial charge >= 0.3 is 5.97 Å². The van der Waals surface area contributed by atoms with E-state index in [2.05, 4.69) is 0 Å². The molecule has 3 rings (SSSR count). The van der Waals surface area contributed by atoms with Gasteiger partial charge in [0.1, 0.15) is 12.3 Å². The van der Waals surface area contributed by atoms with E-state index in [1.54, 1.807) is 6.07 Å². The Hall–Kier alpha value is -2.56. The number of benzene rings is 2. The number of amides is 1. The fourth-order valence-corrected chi connectivity index (χ4v) is 2.27. The second-order valence-electron chi connectivity index (χ2n) is 4.30. The third-order valence-corrected chi connectivity index (χ3v) is 3.08. The van der Waals surface area contributed by atoms with Crippen molar-refractivity contribution in [3.8, 4) is 5.75 Å². The molecular weight excluding hydrogens is 246 g/mol. The Morgan fingerprint density at radius 3 is 2.84 bits per heavy atom. The summed E-state index contributed by atoms with van der Waals surface area (Å²) in [5.74, 6) is -0.847. The van der Waals surface area contributed by atoms with E-state index < -0.39 is 5.97 Å². The molecular formula is C14H11NO4. The molecule has 0 spiro atoms. The van der Waals surface area contributed by atoms with Gasteiger partial charge in [0.15, 0.2) is 6.61 Å². The number of carboxylic acid groups (broad SMARTS) is 1. The first-order valence-corrected chi connectivity index (χ1v) is 5.83. The number of carboxylic acids is 1. The molecule has 0 unspecified atom stereocenters. The quantitative estimate of drug-likeness (QED) is 0.888. The number of carbonyl (C=O) groups excluding carboxylic acids is 1. The van der Waals surface area contributed by atoms with Crippen LogP contribution in [0, 0.1) is 0 Å². The molecule has 1 heterocycles. The minimum atomic E-state index is -1.05. The fraction of sp³-hybridized carbons (Fsp3) is 0.143. The molecule has 1 amide bonds. The van der Waals surface area contributed by atoms with E-state index in [-0.39, 0.29) is 19.1 Å². The summed E-state index contributed by atoms with van der Waals surface area (Å²) < 4.78 is 5.37. The van der Waals surface area contributed by atoms with Crippen molar-refractivity contribution in [3.05, 3.63) is 36.4 Å². The zero-order chi connectivity index (χ0) is 13.4. The maximum atomic E-state index is 11.9. The van der Waals surface area contributed by atoms with Crippen LogP contribution in [-0.4, -0.2) is 30.1 Å². The van der Waals surface area contributed by atoms with Gasteiger partial charge in [-0.3, -0.25) is 14.5 Å². The van der Waals surface area contributed by atoms with Crippen LogP contribution >= 0.6 is 0 Å². The number of rotatable bonds is 2. The molecule has 0 aliphatic carbocycles. The van der Waals surface area contributed by atoms with Crippen molar-refractivity contribution in [2.75, 3.05) is 18.1 Å². The third kappa shape index (κ3) is 1.89. The molecule has 0 fully saturated rings. The van der Waals surface area contributed by atoms with Gasteiger partial charge in [-0.15, -0.1) is 0 Å². The molecule has 96 valence electrons. The number of aliphatic carboxylic acids is 1. The number of hydrogen-bond donors (Lipinski definition) is 1. The lowest BCUT2D eigenvalue weighted by atomic mass is 10.1. The Balaban J connectivity index is 2.24. The van der Waals surface area contributed by atoms with Crippen LogP contribution in [0.15, 0.2) is 36.4 Å². The maximum Gasteiger partial charge on any atom is 0.323 e. The van der Waals surface area contributed by atoms with Crippen molar-refractivity contribution >= 4 is 28.3 Å². The van der Waals surface area contributed by atoms with Gasteiger partial charge in [0.2, 0.25) is 0 Å². The average Bonchev–Trinajstić information content (AvgIpc) is 2.41. The van der Waals surface area contributed by atoms with E-state index in [0.717, 1.165) is 10.8 Å². The summed E-state index contributed by atoms with van der Waals surface area (Å²) in [4.78, 5) is 24.1. The summed E-state index contributed by atoms with van der Waals surface area (Å²) in [5, 5.41) is 10.7. The highest BCUT2D eigenvalue weighted by Gasteiger charge is 2.28. The predicted octanol–water partition coefficient (Wildman–Crippen LogP) is 1.65. The Bertz CT molecular complexity index is 680. The molecule has 0 aromatic heterocycles. The van der Waals surface area contributed by atoms with Gasteiger partial charge in [-0.2, -0.15) is 0 Å². The van der Waals surface area contributed by atoms with Crippen molar-refractivity contribution in [1.82, 2.24) is 0 Å². The normalized spacial score (nSPS) is 14.1. The number of nitrogens with zero attached hydrogens (tertiary/aromatic N) is 1. The molecule has 0 atom stereocenters. The number of ether oxygens (including phenoxy) is 1. The highest BCUT2D eigenvalue weighted by atomic mass is 16.5. The average molecular weight is 257 g/mol. The standard InChI is InChI=1S/C14H11NO4/c16-12-8-19-11-6-5-9-3-1-2-4-10(9)14(11)15(12)7-13(17)18/h1-6H,7-8H2,(H,17,18). The lowest BCUT2D eigenvalue weighted by Gasteiger charge is -2.29. The van der Waals surface area contributed by atoms with Crippen LogP contribution in [-0.2, 0) is 9.59 Å². The summed E-state index contributed by atoms with van der Waals surface area (Å²) in [5.41, 5.74) is 0.539. The molecule has 0 saturated heterocycles. The van der Waals surface area contributed by atoms with E-state index >= 15 is 0 Å². The first-order chi connectivity index (χ1) is 9.16. The molecule has 1 aliphatic rings. The molecule has 0 radical (unpaired) electrons. The smallest absolute Gasteiger partial charge is 0.323 e. The minimum absolute atomic E-state index is 0.126. The van der Waals surface area contributed by atoms with Gasteiger partial charge in [0.05, 0.1) is 5.69 Å². The van der Waals surface area contributed by atoms with E-state index in [9.17, 15) is 9.59 Å². The van der Waals surface area contributed by atoms with Crippen molar-refractivity contribution in [2.24, 2.45) is 0 Å². The summed E-state index contributed by atoms with van der Waals surface area (Å²) in [7, 11) is 0. The first kappa shape index (κ1) is 11.5. The Kier molecular flexibility index (Phi) is 2.59. The van der Waals surface area contributed by atoms with E-state index in [0.29, 0.717) is 11.4 Å². The molecule has 5 nitrogen and oxygen atoms in total. The number of fused-ring (bicyclic) bond motifs is 3. The van der Waals surface area contributed by atoms with Gasteiger partial charge in [-0.25, -0.2) is 0 Å². The second-order valence-corrected chi connectivity index (χ2v) is 4.30. The van der Waals surface area contributed by atoms with Crippen LogP contribution in [0.2, 0.25) is 0 Å². The van der Waals surface area contributed by atoms with Crippen LogP contribution in [0.3, 0.4) is 0 Å². The zero-order valence-corrected chi connectivity index (χ0v) is 10.00. The topological polar surface area (TPSA) is 66.8 Å². The monoisotopic (exact) mass is 257 g/mol. The van der Waals surface area contributed by atoms with E-state index in [1.807, 2.05) is 30.3 Å². The molecule has 2 aromatic rings. The number of carbonyl (C=O) groups is 2. The van der Waals surface area contributed by atoms with Crippen molar-refractivity contribution in [2.45, 2.75) is 0 Å². The molecule has 2 aromatic carbocycles. The van der Waals surface area contributed by atoms with Crippen molar-refractivity contribution in [1.29, 1.82) is 0 Å². The molecule has 1 N–H and O–H groups in total. The largest absolute Gasteiger partial charge is 0.482 e. The van der Waals surface area contributed by atoms with E-state index in [1.165, 1.54) is 4.90 Å². The van der Waals surface area contributed by atoms with E-state index in [4.69, 9.17) is 9.84 Å². The summed E-state index contributed by atoms with van der Waals surface area (Å²) in [6.45, 7) is -0.484. The lowest BCUT2D eigenvalue weighted by Crippen LogP contribution is -2.42. The van der Waals surface area contributed by atoms with Gasteiger partial charge in [-0.05, 0) is 11.5 Å². The van der Waals surface area contributed by atoms with Gasteiger partial charge in [0, 0.05) is 5.39 Å². The fourth-order valence-electron chi connectivity index (χ4n) is 2.27. The molecule has 1 aliphatic heterocycles. The Morgan fingerprint density at radius 1 is 1.26 bits per heavy atom. The minimum Gasteiger partial charge on any atom is -0.482 e. The van der Waals surface area contributed by atoms with Crippen LogP contribution in [0.4, 0.5) is 5.69 Å². The molecule has 5 heteroatoms. The van der Waals surface area contributed by atoms with Crippen LogP contribution in [0.5, 0.6) is 5.75 Å². The first-order valence-electron chi connectivity index (χ1n) is 5.83.